The predicted octanol–water partition coefficient (Wildman–Crippen LogP) is 3.00. The Morgan fingerprint density at radius 1 is 1.08 bits per heavy atom. The van der Waals surface area contributed by atoms with Gasteiger partial charge in [0, 0.05) is 24.4 Å². The van der Waals surface area contributed by atoms with E-state index in [-0.39, 0.29) is 11.4 Å². The summed E-state index contributed by atoms with van der Waals surface area (Å²) in [5.74, 6) is 0.142. The second-order valence-corrected chi connectivity index (χ2v) is 9.91. The Kier molecular flexibility index (Phi) is 8.19. The quantitative estimate of drug-likeness (QED) is 0.235. The summed E-state index contributed by atoms with van der Waals surface area (Å²) in [6.45, 7) is 1.67. The Morgan fingerprint density at radius 3 is 2.47 bits per heavy atom. The monoisotopic (exact) mass is 534 g/mol. The number of carbonyl (C=O) groups excluding carboxylic acids is 2. The molecule has 0 atom stereocenters. The van der Waals surface area contributed by atoms with Crippen LogP contribution in [0, 0.1) is 6.92 Å². The molecule has 2 heterocycles. The molecule has 196 valence electrons. The molecule has 4 aromatic rings. The smallest absolute Gasteiger partial charge is 0.331 e. The third-order valence-corrected chi connectivity index (χ3v) is 6.40. The van der Waals surface area contributed by atoms with Crippen molar-refractivity contribution in [3.8, 4) is 17.1 Å². The normalized spacial score (nSPS) is 11.5. The van der Waals surface area contributed by atoms with Gasteiger partial charge >= 0.3 is 5.97 Å². The fourth-order valence-corrected chi connectivity index (χ4v) is 4.08. The number of amides is 1. The van der Waals surface area contributed by atoms with Crippen LogP contribution < -0.4 is 10.5 Å². The molecule has 0 unspecified atom stereocenters. The molecule has 0 aliphatic heterocycles. The number of benzene rings is 2. The van der Waals surface area contributed by atoms with Gasteiger partial charge in [0.05, 0.1) is 10.6 Å². The first-order chi connectivity index (χ1) is 18.2. The van der Waals surface area contributed by atoms with E-state index in [9.17, 15) is 18.0 Å². The molecule has 3 N–H and O–H groups in total. The second-order valence-electron chi connectivity index (χ2n) is 8.35. The number of nitrogens with one attached hydrogen (secondary N) is 1. The Bertz CT molecular complexity index is 1550. The van der Waals surface area contributed by atoms with E-state index in [0.717, 1.165) is 17.0 Å². The molecule has 0 spiro atoms. The number of carbonyl (C=O) groups is 2. The molecule has 0 fully saturated rings. The van der Waals surface area contributed by atoms with Crippen LogP contribution in [-0.4, -0.2) is 43.2 Å². The van der Waals surface area contributed by atoms with Crippen molar-refractivity contribution in [3.05, 3.63) is 95.9 Å². The van der Waals surface area contributed by atoms with Crippen molar-refractivity contribution < 1.29 is 27.2 Å². The van der Waals surface area contributed by atoms with Gasteiger partial charge in [0.1, 0.15) is 11.5 Å². The van der Waals surface area contributed by atoms with Crippen molar-refractivity contribution in [1.82, 2.24) is 15.1 Å². The number of para-hydroxylation sites is 1. The first-order valence-electron chi connectivity index (χ1n) is 11.6. The number of esters is 1. The Morgan fingerprint density at radius 2 is 1.82 bits per heavy atom. The summed E-state index contributed by atoms with van der Waals surface area (Å²) < 4.78 is 35.1. The third kappa shape index (κ3) is 7.05. The Labute approximate surface area is 219 Å². The zero-order valence-corrected chi connectivity index (χ0v) is 21.4. The highest BCUT2D eigenvalue weighted by molar-refractivity contribution is 7.89. The van der Waals surface area contributed by atoms with Crippen LogP contribution in [0.5, 0.6) is 0 Å². The molecular formula is C27H26N4O6S. The zero-order valence-electron chi connectivity index (χ0n) is 20.5. The van der Waals surface area contributed by atoms with Crippen LogP contribution in [0.25, 0.3) is 23.2 Å². The maximum atomic E-state index is 12.3. The van der Waals surface area contributed by atoms with Gasteiger partial charge in [-0.05, 0) is 61.4 Å². The number of rotatable bonds is 10. The lowest BCUT2D eigenvalue weighted by Gasteiger charge is -2.06. The van der Waals surface area contributed by atoms with Gasteiger partial charge < -0.3 is 14.5 Å². The summed E-state index contributed by atoms with van der Waals surface area (Å²) in [5.41, 5.74) is 2.85. The van der Waals surface area contributed by atoms with Crippen LogP contribution in [0.3, 0.4) is 0 Å². The number of sulfonamides is 1. The minimum absolute atomic E-state index is 0.0176. The van der Waals surface area contributed by atoms with E-state index in [1.807, 2.05) is 49.4 Å². The van der Waals surface area contributed by atoms with Gasteiger partial charge in [-0.25, -0.2) is 23.0 Å². The highest BCUT2D eigenvalue weighted by Gasteiger charge is 2.14. The SMILES string of the molecule is Cc1ccc(-c2nn(-c3ccccc3)cc2/C=C/C(=O)OCC(=O)NCCc2ccc(S(N)(=O)=O)cc2)o1. The summed E-state index contributed by atoms with van der Waals surface area (Å²) in [6, 6.07) is 19.2. The van der Waals surface area contributed by atoms with Crippen LogP contribution in [0.15, 0.2) is 88.3 Å². The minimum Gasteiger partial charge on any atom is -0.460 e. The summed E-state index contributed by atoms with van der Waals surface area (Å²) in [4.78, 5) is 24.3. The molecular weight excluding hydrogens is 508 g/mol. The highest BCUT2D eigenvalue weighted by Crippen LogP contribution is 2.26. The summed E-state index contributed by atoms with van der Waals surface area (Å²) in [7, 11) is -3.75. The van der Waals surface area contributed by atoms with Gasteiger partial charge in [0.15, 0.2) is 12.4 Å². The van der Waals surface area contributed by atoms with Crippen LogP contribution >= 0.6 is 0 Å². The van der Waals surface area contributed by atoms with Gasteiger partial charge in [-0.2, -0.15) is 5.10 Å². The van der Waals surface area contributed by atoms with Crippen molar-refractivity contribution in [2.45, 2.75) is 18.2 Å². The lowest BCUT2D eigenvalue weighted by molar-refractivity contribution is -0.143. The first kappa shape index (κ1) is 26.6. The van der Waals surface area contributed by atoms with Crippen molar-refractivity contribution in [1.29, 1.82) is 0 Å². The Hall–Kier alpha value is -4.48. The van der Waals surface area contributed by atoms with Crippen molar-refractivity contribution in [2.75, 3.05) is 13.2 Å². The molecule has 0 saturated heterocycles. The summed E-state index contributed by atoms with van der Waals surface area (Å²) in [5, 5.41) is 12.3. The zero-order chi connectivity index (χ0) is 27.1. The lowest BCUT2D eigenvalue weighted by Crippen LogP contribution is -2.30. The highest BCUT2D eigenvalue weighted by atomic mass is 32.2. The van der Waals surface area contributed by atoms with E-state index in [1.54, 1.807) is 29.1 Å². The molecule has 0 aliphatic rings. The first-order valence-corrected chi connectivity index (χ1v) is 13.2. The number of nitrogens with two attached hydrogens (primary N) is 1. The summed E-state index contributed by atoms with van der Waals surface area (Å²) >= 11 is 0. The van der Waals surface area contributed by atoms with E-state index in [4.69, 9.17) is 14.3 Å². The van der Waals surface area contributed by atoms with Gasteiger partial charge in [-0.1, -0.05) is 30.3 Å². The average Bonchev–Trinajstić information content (AvgIpc) is 3.52. The molecule has 11 heteroatoms. The molecule has 10 nitrogen and oxygen atoms in total. The van der Waals surface area contributed by atoms with Crippen LogP contribution in [0.1, 0.15) is 16.9 Å². The predicted molar refractivity (Wildman–Crippen MR) is 141 cm³/mol. The topological polar surface area (TPSA) is 147 Å². The molecule has 38 heavy (non-hydrogen) atoms. The van der Waals surface area contributed by atoms with Crippen LogP contribution in [0.2, 0.25) is 0 Å². The molecule has 0 bridgehead atoms. The van der Waals surface area contributed by atoms with Crippen molar-refractivity contribution >= 4 is 28.0 Å². The van der Waals surface area contributed by atoms with Crippen molar-refractivity contribution in [3.63, 3.8) is 0 Å². The second kappa shape index (κ2) is 11.7. The largest absolute Gasteiger partial charge is 0.460 e. The fourth-order valence-electron chi connectivity index (χ4n) is 3.56. The average molecular weight is 535 g/mol. The maximum Gasteiger partial charge on any atom is 0.331 e. The van der Waals surface area contributed by atoms with E-state index < -0.39 is 28.5 Å². The fraction of sp³-hybridized carbons (Fsp3) is 0.148. The van der Waals surface area contributed by atoms with Gasteiger partial charge in [-0.3, -0.25) is 4.79 Å². The van der Waals surface area contributed by atoms with Gasteiger partial charge in [-0.15, -0.1) is 0 Å². The minimum atomic E-state index is -3.75. The molecule has 1 amide bonds. The van der Waals surface area contributed by atoms with E-state index >= 15 is 0 Å². The standard InChI is InChI=1S/C27H26N4O6S/c1-19-7-13-24(37-19)27-21(17-31(30-27)22-5-3-2-4-6-22)10-14-26(33)36-18-25(32)29-16-15-20-8-11-23(12-9-20)38(28,34)35/h2-14,17H,15-16,18H2,1H3,(H,29,32)(H2,28,34,35)/b14-10+. The number of aryl methyl sites for hydroxylation is 1. The molecule has 0 aliphatic carbocycles. The van der Waals surface area contributed by atoms with E-state index in [0.29, 0.717) is 23.4 Å². The van der Waals surface area contributed by atoms with Gasteiger partial charge in [0.25, 0.3) is 5.91 Å². The summed E-state index contributed by atoms with van der Waals surface area (Å²) in [6.07, 6.45) is 5.02. The number of ether oxygens (including phenoxy) is 1. The molecule has 0 radical (unpaired) electrons. The molecule has 2 aromatic heterocycles. The van der Waals surface area contributed by atoms with Crippen molar-refractivity contribution in [2.24, 2.45) is 5.14 Å². The Balaban J connectivity index is 1.31. The number of hydrogen-bond acceptors (Lipinski definition) is 7. The third-order valence-electron chi connectivity index (χ3n) is 5.47. The number of primary sulfonamides is 1. The lowest BCUT2D eigenvalue weighted by atomic mass is 10.1. The number of hydrogen-bond donors (Lipinski definition) is 2. The number of furan rings is 1. The van der Waals surface area contributed by atoms with Gasteiger partial charge in [0.2, 0.25) is 10.0 Å². The van der Waals surface area contributed by atoms with Crippen LogP contribution in [-0.2, 0) is 30.8 Å². The number of aromatic nitrogens is 2. The molecule has 2 aromatic carbocycles. The van der Waals surface area contributed by atoms with Crippen LogP contribution in [0.4, 0.5) is 0 Å². The maximum absolute atomic E-state index is 12.3. The molecule has 0 saturated carbocycles. The van der Waals surface area contributed by atoms with E-state index in [2.05, 4.69) is 10.4 Å². The number of nitrogens with zero attached hydrogens (tertiary/aromatic N) is 2. The molecule has 4 rings (SSSR count). The van der Waals surface area contributed by atoms with E-state index in [1.165, 1.54) is 18.2 Å².